The number of benzene rings is 3. The molecule has 3 aromatic rings. The number of rotatable bonds is 8. The Morgan fingerprint density at radius 2 is 1.69 bits per heavy atom. The quantitative estimate of drug-likeness (QED) is 0.287. The molecule has 0 radical (unpaired) electrons. The molecule has 1 saturated heterocycles. The van der Waals surface area contributed by atoms with Crippen LogP contribution < -0.4 is 19.7 Å². The summed E-state index contributed by atoms with van der Waals surface area (Å²) >= 11 is 12.2. The van der Waals surface area contributed by atoms with Gasteiger partial charge in [0.2, 0.25) is 0 Å². The van der Waals surface area contributed by atoms with E-state index in [0.717, 1.165) is 16.9 Å². The first kappa shape index (κ1) is 25.3. The van der Waals surface area contributed by atoms with Crippen molar-refractivity contribution in [3.63, 3.8) is 0 Å². The summed E-state index contributed by atoms with van der Waals surface area (Å²) in [6.07, 6.45) is 2.25. The van der Waals surface area contributed by atoms with E-state index >= 15 is 0 Å². The molecule has 0 bridgehead atoms. The monoisotopic (exact) mass is 524 g/mol. The van der Waals surface area contributed by atoms with Crippen LogP contribution in [0.25, 0.3) is 6.08 Å². The van der Waals surface area contributed by atoms with Crippen LogP contribution in [0, 0.1) is 0 Å². The van der Waals surface area contributed by atoms with Crippen LogP contribution in [0.3, 0.4) is 0 Å². The molecule has 36 heavy (non-hydrogen) atoms. The minimum atomic E-state index is -0.828. The molecule has 0 aromatic heterocycles. The van der Waals surface area contributed by atoms with E-state index in [1.807, 2.05) is 6.92 Å². The number of urea groups is 1. The SMILES string of the molecule is CCCOc1ccc(N2C(=O)NC(=O)/C(=C/c3ccccc3OCc3ccc(Cl)cc3Cl)C2=O)cc1. The molecule has 4 rings (SSSR count). The third-order valence-electron chi connectivity index (χ3n) is 5.29. The lowest BCUT2D eigenvalue weighted by Gasteiger charge is -2.26. The summed E-state index contributed by atoms with van der Waals surface area (Å²) in [6.45, 7) is 2.69. The van der Waals surface area contributed by atoms with Crippen LogP contribution in [0.1, 0.15) is 24.5 Å². The number of nitrogens with one attached hydrogen (secondary N) is 1. The van der Waals surface area contributed by atoms with Crippen molar-refractivity contribution in [3.8, 4) is 11.5 Å². The van der Waals surface area contributed by atoms with Crippen LogP contribution >= 0.6 is 23.2 Å². The number of halogens is 2. The zero-order valence-electron chi connectivity index (χ0n) is 19.3. The fourth-order valence-electron chi connectivity index (χ4n) is 3.48. The Bertz CT molecular complexity index is 1340. The van der Waals surface area contributed by atoms with Gasteiger partial charge in [-0.25, -0.2) is 9.69 Å². The number of nitrogens with zero attached hydrogens (tertiary/aromatic N) is 1. The third-order valence-corrected chi connectivity index (χ3v) is 5.87. The molecule has 184 valence electrons. The maximum Gasteiger partial charge on any atom is 0.335 e. The van der Waals surface area contributed by atoms with Crippen molar-refractivity contribution >= 4 is 52.8 Å². The van der Waals surface area contributed by atoms with Gasteiger partial charge in [-0.1, -0.05) is 54.4 Å². The van der Waals surface area contributed by atoms with Gasteiger partial charge in [0, 0.05) is 21.2 Å². The maximum atomic E-state index is 13.2. The number of ether oxygens (including phenoxy) is 2. The molecule has 1 fully saturated rings. The summed E-state index contributed by atoms with van der Waals surface area (Å²) in [5, 5.41) is 3.20. The molecule has 9 heteroatoms. The molecule has 4 amide bonds. The molecule has 1 N–H and O–H groups in total. The van der Waals surface area contributed by atoms with Crippen LogP contribution in [-0.4, -0.2) is 24.5 Å². The number of carbonyl (C=O) groups is 3. The minimum absolute atomic E-state index is 0.146. The molecule has 0 unspecified atom stereocenters. The highest BCUT2D eigenvalue weighted by Gasteiger charge is 2.37. The normalized spacial score (nSPS) is 14.7. The van der Waals surface area contributed by atoms with Crippen LogP contribution in [0.2, 0.25) is 10.0 Å². The molecule has 7 nitrogen and oxygen atoms in total. The first-order chi connectivity index (χ1) is 17.4. The van der Waals surface area contributed by atoms with E-state index < -0.39 is 17.8 Å². The van der Waals surface area contributed by atoms with Crippen LogP contribution in [0.5, 0.6) is 11.5 Å². The van der Waals surface area contributed by atoms with Gasteiger partial charge in [-0.15, -0.1) is 0 Å². The number of barbiturate groups is 1. The van der Waals surface area contributed by atoms with Gasteiger partial charge in [0.15, 0.2) is 0 Å². The predicted molar refractivity (Wildman–Crippen MR) is 138 cm³/mol. The number of amides is 4. The number of para-hydroxylation sites is 1. The molecule has 1 heterocycles. The molecule has 1 aliphatic heterocycles. The minimum Gasteiger partial charge on any atom is -0.494 e. The summed E-state index contributed by atoms with van der Waals surface area (Å²) in [5.74, 6) is -0.497. The van der Waals surface area contributed by atoms with Crippen LogP contribution in [0.4, 0.5) is 10.5 Å². The van der Waals surface area contributed by atoms with Gasteiger partial charge in [-0.05, 0) is 55.0 Å². The van der Waals surface area contributed by atoms with E-state index in [0.29, 0.717) is 39.4 Å². The molecule has 3 aromatic carbocycles. The second kappa shape index (κ2) is 11.3. The van der Waals surface area contributed by atoms with E-state index in [1.54, 1.807) is 66.7 Å². The first-order valence-electron chi connectivity index (χ1n) is 11.2. The fraction of sp³-hybridized carbons (Fsp3) is 0.148. The Labute approximate surface area is 218 Å². The largest absolute Gasteiger partial charge is 0.494 e. The standard InChI is InChI=1S/C27H22Cl2N2O5/c1-2-13-35-21-11-9-20(10-12-21)31-26(33)22(25(32)30-27(31)34)14-17-5-3-4-6-24(17)36-16-18-7-8-19(28)15-23(18)29/h3-12,14-15H,2,13,16H2,1H3,(H,30,32,34)/b22-14-. The number of hydrogen-bond acceptors (Lipinski definition) is 5. The van der Waals surface area contributed by atoms with Crippen molar-refractivity contribution in [2.24, 2.45) is 0 Å². The Kier molecular flexibility index (Phi) is 7.93. The zero-order valence-corrected chi connectivity index (χ0v) is 20.8. The van der Waals surface area contributed by atoms with Crippen molar-refractivity contribution in [2.45, 2.75) is 20.0 Å². The smallest absolute Gasteiger partial charge is 0.335 e. The first-order valence-corrected chi connectivity index (χ1v) is 11.9. The maximum absolute atomic E-state index is 13.2. The number of imide groups is 2. The van der Waals surface area contributed by atoms with Crippen molar-refractivity contribution in [1.29, 1.82) is 0 Å². The van der Waals surface area contributed by atoms with Gasteiger partial charge >= 0.3 is 6.03 Å². The molecule has 0 atom stereocenters. The van der Waals surface area contributed by atoms with E-state index in [2.05, 4.69) is 5.32 Å². The Morgan fingerprint density at radius 1 is 0.944 bits per heavy atom. The number of carbonyl (C=O) groups excluding carboxylic acids is 3. The average Bonchev–Trinajstić information content (AvgIpc) is 2.86. The molecular formula is C27H22Cl2N2O5. The van der Waals surface area contributed by atoms with Crippen molar-refractivity contribution < 1.29 is 23.9 Å². The highest BCUT2D eigenvalue weighted by atomic mass is 35.5. The van der Waals surface area contributed by atoms with Crippen LogP contribution in [0.15, 0.2) is 72.3 Å². The molecule has 0 spiro atoms. The molecular weight excluding hydrogens is 503 g/mol. The predicted octanol–water partition coefficient (Wildman–Crippen LogP) is 6.03. The lowest BCUT2D eigenvalue weighted by atomic mass is 10.1. The second-order valence-corrected chi connectivity index (χ2v) is 8.71. The highest BCUT2D eigenvalue weighted by molar-refractivity contribution is 6.39. The van der Waals surface area contributed by atoms with E-state index in [-0.39, 0.29) is 12.2 Å². The summed E-state index contributed by atoms with van der Waals surface area (Å²) in [4.78, 5) is 39.3. The van der Waals surface area contributed by atoms with Gasteiger partial charge in [0.1, 0.15) is 23.7 Å². The lowest BCUT2D eigenvalue weighted by molar-refractivity contribution is -0.122. The highest BCUT2D eigenvalue weighted by Crippen LogP contribution is 2.28. The van der Waals surface area contributed by atoms with Gasteiger partial charge in [0.05, 0.1) is 12.3 Å². The van der Waals surface area contributed by atoms with Crippen molar-refractivity contribution in [3.05, 3.63) is 93.5 Å². The number of hydrogen-bond donors (Lipinski definition) is 1. The van der Waals surface area contributed by atoms with Gasteiger partial charge < -0.3 is 9.47 Å². The second-order valence-electron chi connectivity index (χ2n) is 7.86. The summed E-state index contributed by atoms with van der Waals surface area (Å²) in [7, 11) is 0. The Balaban J connectivity index is 1.59. The van der Waals surface area contributed by atoms with Gasteiger partial charge in [-0.2, -0.15) is 0 Å². The van der Waals surface area contributed by atoms with Gasteiger partial charge in [0.25, 0.3) is 11.8 Å². The summed E-state index contributed by atoms with van der Waals surface area (Å²) in [6, 6.07) is 17.7. The average molecular weight is 525 g/mol. The van der Waals surface area contributed by atoms with E-state index in [9.17, 15) is 14.4 Å². The topological polar surface area (TPSA) is 84.9 Å². The van der Waals surface area contributed by atoms with Crippen LogP contribution in [-0.2, 0) is 16.2 Å². The van der Waals surface area contributed by atoms with E-state index in [1.165, 1.54) is 6.08 Å². The number of anilines is 1. The third kappa shape index (κ3) is 5.70. The summed E-state index contributed by atoms with van der Waals surface area (Å²) in [5.41, 5.74) is 1.31. The zero-order chi connectivity index (χ0) is 25.7. The molecule has 0 saturated carbocycles. The van der Waals surface area contributed by atoms with Crippen molar-refractivity contribution in [1.82, 2.24) is 5.32 Å². The molecule has 0 aliphatic carbocycles. The lowest BCUT2D eigenvalue weighted by Crippen LogP contribution is -2.54. The van der Waals surface area contributed by atoms with E-state index in [4.69, 9.17) is 32.7 Å². The fourth-order valence-corrected chi connectivity index (χ4v) is 3.95. The Hall–Kier alpha value is -3.81. The van der Waals surface area contributed by atoms with Gasteiger partial charge in [-0.3, -0.25) is 14.9 Å². The molecule has 1 aliphatic rings. The Morgan fingerprint density at radius 3 is 2.42 bits per heavy atom. The summed E-state index contributed by atoms with van der Waals surface area (Å²) < 4.78 is 11.5. The van der Waals surface area contributed by atoms with Crippen molar-refractivity contribution in [2.75, 3.05) is 11.5 Å².